The molecule has 5 rings (SSSR count). The topological polar surface area (TPSA) is 71.2 Å². The summed E-state index contributed by atoms with van der Waals surface area (Å²) in [6.07, 6.45) is 7.23. The Bertz CT molecular complexity index is 1090. The Morgan fingerprint density at radius 1 is 1.10 bits per heavy atom. The largest absolute Gasteiger partial charge is 0.395 e. The number of aliphatic hydroxyl groups excluding tert-OH is 1. The number of aliphatic hydroxyl groups is 1. The van der Waals surface area contributed by atoms with Gasteiger partial charge in [0.05, 0.1) is 40.8 Å². The van der Waals surface area contributed by atoms with Crippen LogP contribution in [0.2, 0.25) is 0 Å². The van der Waals surface area contributed by atoms with Crippen molar-refractivity contribution < 1.29 is 5.11 Å². The second kappa shape index (κ2) is 8.57. The summed E-state index contributed by atoms with van der Waals surface area (Å²) in [5.74, 6) is 1.42. The van der Waals surface area contributed by atoms with Gasteiger partial charge in [0.2, 0.25) is 0 Å². The number of hydrogen-bond donors (Lipinski definition) is 1. The van der Waals surface area contributed by atoms with Gasteiger partial charge in [-0.25, -0.2) is 9.97 Å². The van der Waals surface area contributed by atoms with Crippen molar-refractivity contribution in [2.45, 2.75) is 63.6 Å². The summed E-state index contributed by atoms with van der Waals surface area (Å²) < 4.78 is 1.68. The van der Waals surface area contributed by atoms with Crippen LogP contribution in [0.25, 0.3) is 10.9 Å². The average molecular weight is 425 g/mol. The van der Waals surface area contributed by atoms with Crippen molar-refractivity contribution in [2.75, 3.05) is 13.2 Å². The van der Waals surface area contributed by atoms with Gasteiger partial charge in [-0.05, 0) is 44.4 Å². The Morgan fingerprint density at radius 3 is 2.77 bits per heavy atom. The van der Waals surface area contributed by atoms with E-state index >= 15 is 0 Å². The predicted octanol–water partition coefficient (Wildman–Crippen LogP) is 3.84. The third-order valence-corrected chi connectivity index (χ3v) is 7.57. The van der Waals surface area contributed by atoms with Gasteiger partial charge in [0.25, 0.3) is 5.56 Å². The van der Waals surface area contributed by atoms with Crippen molar-refractivity contribution in [3.05, 3.63) is 56.5 Å². The number of thiazole rings is 1. The highest BCUT2D eigenvalue weighted by Gasteiger charge is 2.31. The number of nitrogens with zero attached hydrogens (tertiary/aromatic N) is 4. The van der Waals surface area contributed by atoms with Crippen LogP contribution in [0.1, 0.15) is 67.0 Å². The highest BCUT2D eigenvalue weighted by atomic mass is 32.1. The van der Waals surface area contributed by atoms with Crippen molar-refractivity contribution in [1.82, 2.24) is 19.4 Å². The van der Waals surface area contributed by atoms with E-state index in [9.17, 15) is 9.90 Å². The van der Waals surface area contributed by atoms with Gasteiger partial charge in [0, 0.05) is 17.8 Å². The molecule has 1 atom stereocenters. The van der Waals surface area contributed by atoms with Crippen LogP contribution in [-0.2, 0) is 13.1 Å². The molecule has 0 radical (unpaired) electrons. The van der Waals surface area contributed by atoms with Crippen molar-refractivity contribution in [1.29, 1.82) is 0 Å². The third kappa shape index (κ3) is 3.70. The molecule has 2 aliphatic rings. The van der Waals surface area contributed by atoms with Gasteiger partial charge in [-0.3, -0.25) is 14.3 Å². The molecule has 1 saturated heterocycles. The van der Waals surface area contributed by atoms with Crippen LogP contribution in [0.4, 0.5) is 0 Å². The molecule has 6 nitrogen and oxygen atoms in total. The van der Waals surface area contributed by atoms with Crippen molar-refractivity contribution in [2.24, 2.45) is 0 Å². The Morgan fingerprint density at radius 2 is 1.93 bits per heavy atom. The molecular weight excluding hydrogens is 396 g/mol. The number of benzene rings is 1. The molecule has 3 aromatic rings. The fraction of sp³-hybridized carbons (Fsp3) is 0.522. The summed E-state index contributed by atoms with van der Waals surface area (Å²) >= 11 is 1.80. The molecule has 1 aliphatic heterocycles. The van der Waals surface area contributed by atoms with E-state index in [1.54, 1.807) is 15.9 Å². The first-order valence-electron chi connectivity index (χ1n) is 11.0. The molecule has 2 aromatic heterocycles. The quantitative estimate of drug-likeness (QED) is 0.651. The van der Waals surface area contributed by atoms with Crippen molar-refractivity contribution in [3.8, 4) is 0 Å². The minimum atomic E-state index is -0.0729. The summed E-state index contributed by atoms with van der Waals surface area (Å²) in [6.45, 7) is 1.97. The number of rotatable bonds is 6. The monoisotopic (exact) mass is 424 g/mol. The number of para-hydroxylation sites is 1. The number of fused-ring (bicyclic) bond motifs is 1. The molecule has 7 heteroatoms. The van der Waals surface area contributed by atoms with Gasteiger partial charge < -0.3 is 5.11 Å². The van der Waals surface area contributed by atoms with Gasteiger partial charge in [0.15, 0.2) is 0 Å². The zero-order valence-corrected chi connectivity index (χ0v) is 18.0. The highest BCUT2D eigenvalue weighted by molar-refractivity contribution is 7.09. The highest BCUT2D eigenvalue weighted by Crippen LogP contribution is 2.37. The van der Waals surface area contributed by atoms with Crippen LogP contribution < -0.4 is 5.56 Å². The molecule has 1 unspecified atom stereocenters. The van der Waals surface area contributed by atoms with E-state index in [0.717, 1.165) is 43.0 Å². The first-order valence-corrected chi connectivity index (χ1v) is 11.9. The van der Waals surface area contributed by atoms with E-state index in [0.29, 0.717) is 11.3 Å². The standard InChI is InChI=1S/C23H28N4O2S/c28-13-12-27-21(25-19-9-4-3-8-18(19)23(27)29)20-10-5-11-26(20)14-17-15-30-22(24-17)16-6-1-2-7-16/h3-4,8-9,15-16,20,28H,1-2,5-7,10-14H2. The number of likely N-dealkylation sites (tertiary alicyclic amines) is 1. The zero-order valence-electron chi connectivity index (χ0n) is 17.2. The van der Waals surface area contributed by atoms with Crippen LogP contribution >= 0.6 is 11.3 Å². The van der Waals surface area contributed by atoms with Gasteiger partial charge in [0.1, 0.15) is 5.82 Å². The Kier molecular flexibility index (Phi) is 5.67. The lowest BCUT2D eigenvalue weighted by molar-refractivity contribution is 0.221. The molecule has 30 heavy (non-hydrogen) atoms. The minimum Gasteiger partial charge on any atom is -0.395 e. The fourth-order valence-corrected chi connectivity index (χ4v) is 6.01. The smallest absolute Gasteiger partial charge is 0.261 e. The molecule has 1 aromatic carbocycles. The first-order chi connectivity index (χ1) is 14.7. The molecule has 0 bridgehead atoms. The lowest BCUT2D eigenvalue weighted by Crippen LogP contribution is -2.33. The maximum Gasteiger partial charge on any atom is 0.261 e. The normalized spacial score (nSPS) is 20.5. The third-order valence-electron chi connectivity index (χ3n) is 6.52. The molecule has 158 valence electrons. The van der Waals surface area contributed by atoms with E-state index in [2.05, 4.69) is 10.3 Å². The Balaban J connectivity index is 1.45. The molecule has 1 N–H and O–H groups in total. The second-order valence-electron chi connectivity index (χ2n) is 8.45. The lowest BCUT2D eigenvalue weighted by atomic mass is 10.1. The van der Waals surface area contributed by atoms with E-state index in [1.807, 2.05) is 24.3 Å². The first kappa shape index (κ1) is 19.8. The fourth-order valence-electron chi connectivity index (χ4n) is 5.03. The van der Waals surface area contributed by atoms with Gasteiger partial charge in [-0.2, -0.15) is 0 Å². The van der Waals surface area contributed by atoms with Crippen LogP contribution in [0.3, 0.4) is 0 Å². The van der Waals surface area contributed by atoms with E-state index in [-0.39, 0.29) is 24.8 Å². The van der Waals surface area contributed by atoms with Crippen LogP contribution in [-0.4, -0.2) is 37.7 Å². The summed E-state index contributed by atoms with van der Waals surface area (Å²) in [4.78, 5) is 25.3. The summed E-state index contributed by atoms with van der Waals surface area (Å²) in [5.41, 5.74) is 1.80. The molecule has 1 aliphatic carbocycles. The second-order valence-corrected chi connectivity index (χ2v) is 9.34. The summed E-state index contributed by atoms with van der Waals surface area (Å²) in [7, 11) is 0. The van der Waals surface area contributed by atoms with E-state index in [4.69, 9.17) is 9.97 Å². The Hall–Kier alpha value is -2.09. The number of hydrogen-bond acceptors (Lipinski definition) is 6. The zero-order chi connectivity index (χ0) is 20.5. The molecule has 0 amide bonds. The van der Waals surface area contributed by atoms with E-state index < -0.39 is 0 Å². The van der Waals surface area contributed by atoms with E-state index in [1.165, 1.54) is 30.7 Å². The maximum absolute atomic E-state index is 13.1. The Labute approximate surface area is 180 Å². The lowest BCUT2D eigenvalue weighted by Gasteiger charge is -2.26. The summed E-state index contributed by atoms with van der Waals surface area (Å²) in [5, 5.41) is 13.7. The van der Waals surface area contributed by atoms with Crippen molar-refractivity contribution >= 4 is 22.2 Å². The van der Waals surface area contributed by atoms with Gasteiger partial charge >= 0.3 is 0 Å². The minimum absolute atomic E-state index is 0.0614. The molecular formula is C23H28N4O2S. The van der Waals surface area contributed by atoms with Crippen LogP contribution in [0.5, 0.6) is 0 Å². The van der Waals surface area contributed by atoms with Crippen LogP contribution in [0, 0.1) is 0 Å². The summed E-state index contributed by atoms with van der Waals surface area (Å²) in [6, 6.07) is 7.57. The molecule has 2 fully saturated rings. The maximum atomic E-state index is 13.1. The molecule has 0 spiro atoms. The average Bonchev–Trinajstić information content (AvgIpc) is 3.52. The molecule has 3 heterocycles. The SMILES string of the molecule is O=c1c2ccccc2nc(C2CCCN2Cc2csc(C3CCCC3)n2)n1CCO. The van der Waals surface area contributed by atoms with Crippen molar-refractivity contribution in [3.63, 3.8) is 0 Å². The van der Waals surface area contributed by atoms with Gasteiger partial charge in [-0.15, -0.1) is 11.3 Å². The van der Waals surface area contributed by atoms with Crippen LogP contribution in [0.15, 0.2) is 34.4 Å². The number of aromatic nitrogens is 3. The predicted molar refractivity (Wildman–Crippen MR) is 119 cm³/mol. The van der Waals surface area contributed by atoms with Gasteiger partial charge in [-0.1, -0.05) is 25.0 Å². The molecule has 1 saturated carbocycles.